The fourth-order valence-corrected chi connectivity index (χ4v) is 2.04. The Morgan fingerprint density at radius 1 is 1.69 bits per heavy atom. The zero-order chi connectivity index (χ0) is 11.4. The maximum absolute atomic E-state index is 5.91. The molecule has 1 atom stereocenters. The van der Waals surface area contributed by atoms with E-state index in [-0.39, 0.29) is 0 Å². The predicted molar refractivity (Wildman–Crippen MR) is 64.5 cm³/mol. The van der Waals surface area contributed by atoms with Crippen molar-refractivity contribution in [3.05, 3.63) is 18.5 Å². The van der Waals surface area contributed by atoms with Crippen LogP contribution in [0.1, 0.15) is 0 Å². The summed E-state index contributed by atoms with van der Waals surface area (Å²) in [7, 11) is 1.72. The summed E-state index contributed by atoms with van der Waals surface area (Å²) in [6.07, 6.45) is 3.47. The van der Waals surface area contributed by atoms with Crippen LogP contribution in [0.4, 0.5) is 11.4 Å². The van der Waals surface area contributed by atoms with Crippen LogP contribution >= 0.6 is 0 Å². The summed E-state index contributed by atoms with van der Waals surface area (Å²) in [5, 5.41) is 3.42. The Morgan fingerprint density at radius 3 is 3.31 bits per heavy atom. The third-order valence-corrected chi connectivity index (χ3v) is 2.79. The van der Waals surface area contributed by atoms with E-state index >= 15 is 0 Å². The van der Waals surface area contributed by atoms with Gasteiger partial charge in [0.2, 0.25) is 0 Å². The molecule has 1 saturated heterocycles. The van der Waals surface area contributed by atoms with Crippen LogP contribution in [0.5, 0.6) is 0 Å². The molecule has 1 aromatic heterocycles. The molecule has 16 heavy (non-hydrogen) atoms. The first kappa shape index (κ1) is 11.2. The Hall–Kier alpha value is -1.33. The van der Waals surface area contributed by atoms with Gasteiger partial charge in [0.1, 0.15) is 0 Å². The van der Waals surface area contributed by atoms with Gasteiger partial charge >= 0.3 is 0 Å². The van der Waals surface area contributed by atoms with Crippen molar-refractivity contribution in [1.29, 1.82) is 0 Å². The Bertz CT molecular complexity index is 343. The van der Waals surface area contributed by atoms with E-state index in [4.69, 9.17) is 10.5 Å². The van der Waals surface area contributed by atoms with Crippen molar-refractivity contribution < 1.29 is 4.74 Å². The SMILES string of the molecule is COC[C@H]1CN(c2ccncc2N)CCN1. The minimum atomic E-state index is 0.367. The molecule has 5 nitrogen and oxygen atoms in total. The molecular formula is C11H18N4O. The van der Waals surface area contributed by atoms with Crippen molar-refractivity contribution in [2.75, 3.05) is 44.0 Å². The highest BCUT2D eigenvalue weighted by Gasteiger charge is 2.20. The molecule has 5 heteroatoms. The largest absolute Gasteiger partial charge is 0.396 e. The summed E-state index contributed by atoms with van der Waals surface area (Å²) >= 11 is 0. The number of nitrogens with one attached hydrogen (secondary N) is 1. The lowest BCUT2D eigenvalue weighted by atomic mass is 10.2. The summed E-state index contributed by atoms with van der Waals surface area (Å²) in [4.78, 5) is 6.28. The first-order chi connectivity index (χ1) is 7.81. The molecule has 0 radical (unpaired) electrons. The van der Waals surface area contributed by atoms with E-state index in [2.05, 4.69) is 15.2 Å². The topological polar surface area (TPSA) is 63.4 Å². The van der Waals surface area contributed by atoms with Gasteiger partial charge < -0.3 is 20.7 Å². The number of pyridine rings is 1. The number of aromatic nitrogens is 1. The van der Waals surface area contributed by atoms with Crippen LogP contribution in [0.15, 0.2) is 18.5 Å². The highest BCUT2D eigenvalue weighted by Crippen LogP contribution is 2.22. The van der Waals surface area contributed by atoms with Gasteiger partial charge in [-0.25, -0.2) is 0 Å². The second-order valence-electron chi connectivity index (χ2n) is 3.99. The van der Waals surface area contributed by atoms with Crippen molar-refractivity contribution >= 4 is 11.4 Å². The summed E-state index contributed by atoms with van der Waals surface area (Å²) in [6, 6.07) is 2.33. The normalized spacial score (nSPS) is 21.1. The van der Waals surface area contributed by atoms with Crippen LogP contribution < -0.4 is 16.0 Å². The zero-order valence-electron chi connectivity index (χ0n) is 9.52. The molecule has 0 saturated carbocycles. The molecule has 1 fully saturated rings. The molecule has 88 valence electrons. The number of hydrogen-bond donors (Lipinski definition) is 2. The van der Waals surface area contributed by atoms with Gasteiger partial charge in [0, 0.05) is 39.0 Å². The third-order valence-electron chi connectivity index (χ3n) is 2.79. The maximum Gasteiger partial charge on any atom is 0.0738 e. The molecule has 0 spiro atoms. The molecule has 3 N–H and O–H groups in total. The lowest BCUT2D eigenvalue weighted by Crippen LogP contribution is -2.52. The molecule has 0 unspecified atom stereocenters. The van der Waals surface area contributed by atoms with Gasteiger partial charge in [-0.1, -0.05) is 0 Å². The second kappa shape index (κ2) is 5.14. The number of nitrogen functional groups attached to an aromatic ring is 1. The van der Waals surface area contributed by atoms with Crippen molar-refractivity contribution in [3.63, 3.8) is 0 Å². The van der Waals surface area contributed by atoms with Crippen LogP contribution in [0.2, 0.25) is 0 Å². The van der Waals surface area contributed by atoms with E-state index in [9.17, 15) is 0 Å². The number of anilines is 2. The fraction of sp³-hybridized carbons (Fsp3) is 0.545. The predicted octanol–water partition coefficient (Wildman–Crippen LogP) is 0.0884. The van der Waals surface area contributed by atoms with Crippen molar-refractivity contribution in [1.82, 2.24) is 10.3 Å². The van der Waals surface area contributed by atoms with E-state index < -0.39 is 0 Å². The summed E-state index contributed by atoms with van der Waals surface area (Å²) < 4.78 is 5.16. The van der Waals surface area contributed by atoms with E-state index in [1.54, 1.807) is 19.5 Å². The average Bonchev–Trinajstić information content (AvgIpc) is 2.30. The molecule has 0 aromatic carbocycles. The van der Waals surface area contributed by atoms with Crippen LogP contribution in [0.3, 0.4) is 0 Å². The van der Waals surface area contributed by atoms with E-state index in [0.29, 0.717) is 6.04 Å². The first-order valence-electron chi connectivity index (χ1n) is 5.48. The molecule has 2 heterocycles. The zero-order valence-corrected chi connectivity index (χ0v) is 9.52. The monoisotopic (exact) mass is 222 g/mol. The molecule has 1 aromatic rings. The third kappa shape index (κ3) is 2.43. The smallest absolute Gasteiger partial charge is 0.0738 e. The summed E-state index contributed by atoms with van der Waals surface area (Å²) in [6.45, 7) is 3.56. The Kier molecular flexibility index (Phi) is 3.58. The van der Waals surface area contributed by atoms with Gasteiger partial charge in [0.25, 0.3) is 0 Å². The van der Waals surface area contributed by atoms with Gasteiger partial charge in [-0.15, -0.1) is 0 Å². The Morgan fingerprint density at radius 2 is 2.56 bits per heavy atom. The number of hydrogen-bond acceptors (Lipinski definition) is 5. The van der Waals surface area contributed by atoms with Gasteiger partial charge in [0.15, 0.2) is 0 Å². The van der Waals surface area contributed by atoms with Crippen molar-refractivity contribution in [3.8, 4) is 0 Å². The minimum Gasteiger partial charge on any atom is -0.396 e. The molecule has 0 aliphatic carbocycles. The lowest BCUT2D eigenvalue weighted by molar-refractivity contribution is 0.163. The second-order valence-corrected chi connectivity index (χ2v) is 3.99. The number of nitrogens with zero attached hydrogens (tertiary/aromatic N) is 2. The van der Waals surface area contributed by atoms with Gasteiger partial charge in [0.05, 0.1) is 24.2 Å². The first-order valence-corrected chi connectivity index (χ1v) is 5.48. The minimum absolute atomic E-state index is 0.367. The van der Waals surface area contributed by atoms with Crippen LogP contribution in [0, 0.1) is 0 Å². The summed E-state index contributed by atoms with van der Waals surface area (Å²) in [5.41, 5.74) is 7.72. The fourth-order valence-electron chi connectivity index (χ4n) is 2.04. The highest BCUT2D eigenvalue weighted by atomic mass is 16.5. The Balaban J connectivity index is 2.07. The number of nitrogens with two attached hydrogens (primary N) is 1. The molecule has 2 rings (SSSR count). The molecular weight excluding hydrogens is 204 g/mol. The van der Waals surface area contributed by atoms with Gasteiger partial charge in [-0.3, -0.25) is 4.98 Å². The number of ether oxygens (including phenoxy) is 1. The number of methoxy groups -OCH3 is 1. The molecule has 0 amide bonds. The van der Waals surface area contributed by atoms with Crippen LogP contribution in [-0.2, 0) is 4.74 Å². The van der Waals surface area contributed by atoms with Crippen LogP contribution in [0.25, 0.3) is 0 Å². The van der Waals surface area contributed by atoms with E-state index in [0.717, 1.165) is 37.6 Å². The van der Waals surface area contributed by atoms with Gasteiger partial charge in [-0.05, 0) is 6.07 Å². The summed E-state index contributed by atoms with van der Waals surface area (Å²) in [5.74, 6) is 0. The number of rotatable bonds is 3. The van der Waals surface area contributed by atoms with Crippen molar-refractivity contribution in [2.24, 2.45) is 0 Å². The molecule has 1 aliphatic rings. The molecule has 1 aliphatic heterocycles. The quantitative estimate of drug-likeness (QED) is 0.759. The number of piperazine rings is 1. The molecule has 0 bridgehead atoms. The maximum atomic E-state index is 5.91. The van der Waals surface area contributed by atoms with Gasteiger partial charge in [-0.2, -0.15) is 0 Å². The lowest BCUT2D eigenvalue weighted by Gasteiger charge is -2.35. The average molecular weight is 222 g/mol. The Labute approximate surface area is 95.6 Å². The van der Waals surface area contributed by atoms with E-state index in [1.807, 2.05) is 6.07 Å². The van der Waals surface area contributed by atoms with Crippen LogP contribution in [-0.4, -0.2) is 44.4 Å². The van der Waals surface area contributed by atoms with E-state index in [1.165, 1.54) is 0 Å². The highest BCUT2D eigenvalue weighted by molar-refractivity contribution is 5.66. The standard InChI is InChI=1S/C11H18N4O/c1-16-8-9-7-15(5-4-14-9)11-2-3-13-6-10(11)12/h2-3,6,9,14H,4-5,7-8,12H2,1H3/t9-/m1/s1. The van der Waals surface area contributed by atoms with Crippen molar-refractivity contribution in [2.45, 2.75) is 6.04 Å².